The van der Waals surface area contributed by atoms with Gasteiger partial charge in [-0.1, -0.05) is 12.2 Å². The predicted molar refractivity (Wildman–Crippen MR) is 86.5 cm³/mol. The van der Waals surface area contributed by atoms with Crippen LogP contribution < -0.4 is 5.43 Å². The molecular weight excluding hydrogens is 340 g/mol. The summed E-state index contributed by atoms with van der Waals surface area (Å²) in [6.45, 7) is 1.95. The summed E-state index contributed by atoms with van der Waals surface area (Å²) in [4.78, 5) is 49.0. The van der Waals surface area contributed by atoms with Crippen molar-refractivity contribution in [2.75, 3.05) is 6.61 Å². The van der Waals surface area contributed by atoms with Crippen LogP contribution >= 0.6 is 0 Å². The zero-order valence-electron chi connectivity index (χ0n) is 13.9. The van der Waals surface area contributed by atoms with E-state index in [1.807, 2.05) is 0 Å². The van der Waals surface area contributed by atoms with Crippen molar-refractivity contribution in [2.45, 2.75) is 19.1 Å². The summed E-state index contributed by atoms with van der Waals surface area (Å²) < 4.78 is 10.4. The zero-order valence-corrected chi connectivity index (χ0v) is 13.9. The van der Waals surface area contributed by atoms with Crippen molar-refractivity contribution < 1.29 is 28.7 Å². The van der Waals surface area contributed by atoms with E-state index < -0.39 is 47.7 Å². The Bertz CT molecular complexity index is 801. The van der Waals surface area contributed by atoms with Crippen LogP contribution in [0.25, 0.3) is 0 Å². The Morgan fingerprint density at radius 1 is 1.04 bits per heavy atom. The molecule has 3 heterocycles. The molecule has 0 aliphatic carbocycles. The molecule has 4 atom stereocenters. The number of nitrogens with one attached hydrogen (secondary N) is 1. The number of imide groups is 1. The first kappa shape index (κ1) is 16.5. The fourth-order valence-electron chi connectivity index (χ4n) is 3.55. The summed E-state index contributed by atoms with van der Waals surface area (Å²) in [5.41, 5.74) is 2.89. The zero-order chi connectivity index (χ0) is 18.4. The molecule has 3 aliphatic rings. The van der Waals surface area contributed by atoms with Crippen molar-refractivity contribution in [1.82, 2.24) is 10.4 Å². The number of benzene rings is 1. The predicted octanol–water partition coefficient (Wildman–Crippen LogP) is 0.446. The molecule has 0 unspecified atom stereocenters. The minimum absolute atomic E-state index is 0.216. The molecule has 2 bridgehead atoms. The Hall–Kier alpha value is -3.00. The van der Waals surface area contributed by atoms with Crippen LogP contribution in [0.2, 0.25) is 0 Å². The number of carbonyl (C=O) groups excluding carboxylic acids is 4. The van der Waals surface area contributed by atoms with Gasteiger partial charge < -0.3 is 9.47 Å². The number of ether oxygens (including phenoxy) is 2. The number of carbonyl (C=O) groups is 4. The summed E-state index contributed by atoms with van der Waals surface area (Å²) in [5, 5.41) is 0.784. The number of hydrogen-bond donors (Lipinski definition) is 1. The smallest absolute Gasteiger partial charge is 0.338 e. The number of esters is 1. The lowest BCUT2D eigenvalue weighted by Crippen LogP contribution is -2.47. The van der Waals surface area contributed by atoms with Crippen molar-refractivity contribution in [1.29, 1.82) is 0 Å². The Kier molecular flexibility index (Phi) is 3.84. The Balaban J connectivity index is 1.46. The largest absolute Gasteiger partial charge is 0.462 e. The first-order valence-corrected chi connectivity index (χ1v) is 8.31. The van der Waals surface area contributed by atoms with Crippen LogP contribution in [0, 0.1) is 11.8 Å². The van der Waals surface area contributed by atoms with Gasteiger partial charge in [0.05, 0.1) is 36.2 Å². The second-order valence-electron chi connectivity index (χ2n) is 6.25. The van der Waals surface area contributed by atoms with Gasteiger partial charge in [0, 0.05) is 5.56 Å². The SMILES string of the molecule is CCOC(=O)c1ccc(C(=O)NN2C(=O)[C@@H]3[C@@H](C2=O)[C@@H]2C=C[C@@H]3O2)cc1. The lowest BCUT2D eigenvalue weighted by molar-refractivity contribution is -0.145. The Labute approximate surface area is 148 Å². The molecule has 8 heteroatoms. The maximum absolute atomic E-state index is 12.5. The van der Waals surface area contributed by atoms with Crippen LogP contribution in [-0.4, -0.2) is 47.5 Å². The van der Waals surface area contributed by atoms with E-state index in [0.29, 0.717) is 5.56 Å². The third-order valence-electron chi connectivity index (χ3n) is 4.78. The normalized spacial score (nSPS) is 28.4. The molecule has 0 radical (unpaired) electrons. The van der Waals surface area contributed by atoms with Crippen molar-refractivity contribution >= 4 is 23.7 Å². The number of amides is 3. The number of hydrazine groups is 1. The van der Waals surface area contributed by atoms with Crippen molar-refractivity contribution in [3.8, 4) is 0 Å². The first-order chi connectivity index (χ1) is 12.5. The number of hydrogen-bond acceptors (Lipinski definition) is 6. The second kappa shape index (κ2) is 6.06. The van der Waals surface area contributed by atoms with E-state index in [1.54, 1.807) is 19.1 Å². The highest BCUT2D eigenvalue weighted by molar-refractivity contribution is 6.09. The van der Waals surface area contributed by atoms with Gasteiger partial charge in [-0.2, -0.15) is 5.01 Å². The first-order valence-electron chi connectivity index (χ1n) is 8.31. The molecule has 2 fully saturated rings. The van der Waals surface area contributed by atoms with Gasteiger partial charge in [-0.3, -0.25) is 19.8 Å². The molecule has 3 aliphatic heterocycles. The van der Waals surface area contributed by atoms with Gasteiger partial charge in [0.2, 0.25) is 0 Å². The van der Waals surface area contributed by atoms with Gasteiger partial charge in [-0.05, 0) is 31.2 Å². The van der Waals surface area contributed by atoms with E-state index in [9.17, 15) is 19.2 Å². The van der Waals surface area contributed by atoms with E-state index >= 15 is 0 Å². The average molecular weight is 356 g/mol. The lowest BCUT2D eigenvalue weighted by atomic mass is 9.85. The summed E-state index contributed by atoms with van der Waals surface area (Å²) in [7, 11) is 0. The minimum atomic E-state index is -0.608. The molecule has 0 saturated carbocycles. The highest BCUT2D eigenvalue weighted by Crippen LogP contribution is 2.44. The Morgan fingerprint density at radius 2 is 1.58 bits per heavy atom. The van der Waals surface area contributed by atoms with Gasteiger partial charge in [0.15, 0.2) is 0 Å². The molecule has 1 N–H and O–H groups in total. The third-order valence-corrected chi connectivity index (χ3v) is 4.78. The fraction of sp³-hybridized carbons (Fsp3) is 0.333. The fourth-order valence-corrected chi connectivity index (χ4v) is 3.55. The summed E-state index contributed by atoms with van der Waals surface area (Å²) >= 11 is 0. The molecule has 1 aromatic rings. The van der Waals surface area contributed by atoms with Crippen molar-refractivity contribution in [3.05, 3.63) is 47.5 Å². The van der Waals surface area contributed by atoms with Crippen LogP contribution in [-0.2, 0) is 19.1 Å². The highest BCUT2D eigenvalue weighted by Gasteiger charge is 2.61. The molecule has 8 nitrogen and oxygen atoms in total. The second-order valence-corrected chi connectivity index (χ2v) is 6.25. The quantitative estimate of drug-likeness (QED) is 0.477. The maximum atomic E-state index is 12.5. The van der Waals surface area contributed by atoms with E-state index in [2.05, 4.69) is 5.43 Å². The summed E-state index contributed by atoms with van der Waals surface area (Å²) in [5.74, 6) is -3.18. The summed E-state index contributed by atoms with van der Waals surface area (Å²) in [6.07, 6.45) is 2.73. The molecule has 134 valence electrons. The third kappa shape index (κ3) is 2.41. The van der Waals surface area contributed by atoms with Crippen LogP contribution in [0.3, 0.4) is 0 Å². The van der Waals surface area contributed by atoms with E-state index in [1.165, 1.54) is 24.3 Å². The highest BCUT2D eigenvalue weighted by atomic mass is 16.5. The molecular formula is C18H16N2O6. The standard InChI is InChI=1S/C18H16N2O6/c1-2-25-18(24)10-5-3-9(4-6-10)15(21)19-20-16(22)13-11-7-8-12(26-11)14(13)17(20)23/h3-8,11-14H,2H2,1H3,(H,19,21)/t11-,12-,13-,14-/m0/s1. The molecule has 1 aromatic carbocycles. The van der Waals surface area contributed by atoms with Gasteiger partial charge in [0.1, 0.15) is 0 Å². The molecule has 0 aromatic heterocycles. The molecule has 4 rings (SSSR count). The van der Waals surface area contributed by atoms with Gasteiger partial charge >= 0.3 is 5.97 Å². The van der Waals surface area contributed by atoms with Crippen LogP contribution in [0.5, 0.6) is 0 Å². The topological polar surface area (TPSA) is 102 Å². The van der Waals surface area contributed by atoms with Gasteiger partial charge in [0.25, 0.3) is 17.7 Å². The molecule has 2 saturated heterocycles. The van der Waals surface area contributed by atoms with Crippen LogP contribution in [0.15, 0.2) is 36.4 Å². The number of nitrogens with zero attached hydrogens (tertiary/aromatic N) is 1. The van der Waals surface area contributed by atoms with Crippen molar-refractivity contribution in [3.63, 3.8) is 0 Å². The minimum Gasteiger partial charge on any atom is -0.462 e. The van der Waals surface area contributed by atoms with Crippen molar-refractivity contribution in [2.24, 2.45) is 11.8 Å². The van der Waals surface area contributed by atoms with Crippen LogP contribution in [0.4, 0.5) is 0 Å². The molecule has 3 amide bonds. The lowest BCUT2D eigenvalue weighted by Gasteiger charge is -2.18. The molecule has 0 spiro atoms. The van der Waals surface area contributed by atoms with E-state index in [4.69, 9.17) is 9.47 Å². The van der Waals surface area contributed by atoms with Gasteiger partial charge in [-0.25, -0.2) is 4.79 Å². The Morgan fingerprint density at radius 3 is 2.12 bits per heavy atom. The maximum Gasteiger partial charge on any atom is 0.338 e. The van der Waals surface area contributed by atoms with Gasteiger partial charge in [-0.15, -0.1) is 0 Å². The average Bonchev–Trinajstić information content (AvgIpc) is 3.32. The summed E-state index contributed by atoms with van der Waals surface area (Å²) in [6, 6.07) is 5.77. The van der Waals surface area contributed by atoms with E-state index in [0.717, 1.165) is 5.01 Å². The number of rotatable bonds is 4. The molecule has 26 heavy (non-hydrogen) atoms. The van der Waals surface area contributed by atoms with E-state index in [-0.39, 0.29) is 12.2 Å². The number of fused-ring (bicyclic) bond motifs is 5. The van der Waals surface area contributed by atoms with Crippen LogP contribution in [0.1, 0.15) is 27.6 Å². The monoisotopic (exact) mass is 356 g/mol.